The fraction of sp³-hybridized carbons (Fsp3) is 0.429. The van der Waals surface area contributed by atoms with E-state index in [9.17, 15) is 15.2 Å². The SMILES string of the molecule is O=[N+]([O-])c1cc(/C=N/NC(=S)NCCN2CCOCC2)ccc1O. The lowest BCUT2D eigenvalue weighted by atomic mass is 10.2. The molecule has 0 unspecified atom stereocenters. The molecule has 2 rings (SSSR count). The highest BCUT2D eigenvalue weighted by atomic mass is 32.1. The minimum absolute atomic E-state index is 0.368. The van der Waals surface area contributed by atoms with Crippen LogP contribution in [-0.2, 0) is 4.74 Å². The molecule has 3 N–H and O–H groups in total. The molecule has 1 aromatic carbocycles. The van der Waals surface area contributed by atoms with Crippen LogP contribution < -0.4 is 10.7 Å². The van der Waals surface area contributed by atoms with E-state index >= 15 is 0 Å². The molecule has 24 heavy (non-hydrogen) atoms. The Morgan fingerprint density at radius 2 is 2.25 bits per heavy atom. The molecule has 1 aromatic rings. The molecule has 130 valence electrons. The third-order valence-corrected chi connectivity index (χ3v) is 3.63. The van der Waals surface area contributed by atoms with Crippen molar-refractivity contribution in [3.63, 3.8) is 0 Å². The summed E-state index contributed by atoms with van der Waals surface area (Å²) in [5.41, 5.74) is 2.75. The van der Waals surface area contributed by atoms with Gasteiger partial charge < -0.3 is 15.2 Å². The van der Waals surface area contributed by atoms with Crippen LogP contribution in [0.15, 0.2) is 23.3 Å². The van der Waals surface area contributed by atoms with E-state index in [1.54, 1.807) is 0 Å². The van der Waals surface area contributed by atoms with Gasteiger partial charge in [-0.15, -0.1) is 0 Å². The highest BCUT2D eigenvalue weighted by molar-refractivity contribution is 7.80. The summed E-state index contributed by atoms with van der Waals surface area (Å²) in [6.07, 6.45) is 1.39. The predicted molar refractivity (Wildman–Crippen MR) is 93.4 cm³/mol. The van der Waals surface area contributed by atoms with Gasteiger partial charge >= 0.3 is 5.69 Å². The van der Waals surface area contributed by atoms with Crippen molar-refractivity contribution in [1.82, 2.24) is 15.6 Å². The zero-order valence-corrected chi connectivity index (χ0v) is 13.8. The number of ether oxygens (including phenoxy) is 1. The van der Waals surface area contributed by atoms with Gasteiger partial charge in [-0.1, -0.05) is 0 Å². The van der Waals surface area contributed by atoms with E-state index in [4.69, 9.17) is 17.0 Å². The number of hydrogen-bond donors (Lipinski definition) is 3. The minimum Gasteiger partial charge on any atom is -0.502 e. The first-order valence-electron chi connectivity index (χ1n) is 7.40. The van der Waals surface area contributed by atoms with Gasteiger partial charge in [0.1, 0.15) is 0 Å². The Bertz CT molecular complexity index is 619. The van der Waals surface area contributed by atoms with E-state index in [-0.39, 0.29) is 11.4 Å². The number of hydrogen-bond acceptors (Lipinski definition) is 7. The average Bonchev–Trinajstić information content (AvgIpc) is 2.57. The van der Waals surface area contributed by atoms with Gasteiger partial charge in [-0.05, 0) is 24.4 Å². The van der Waals surface area contributed by atoms with Crippen molar-refractivity contribution in [1.29, 1.82) is 0 Å². The zero-order valence-electron chi connectivity index (χ0n) is 13.0. The first-order valence-corrected chi connectivity index (χ1v) is 7.81. The summed E-state index contributed by atoms with van der Waals surface area (Å²) in [5.74, 6) is -0.384. The molecule has 0 aliphatic carbocycles. The summed E-state index contributed by atoms with van der Waals surface area (Å²) in [4.78, 5) is 12.4. The molecule has 1 aliphatic heterocycles. The smallest absolute Gasteiger partial charge is 0.311 e. The van der Waals surface area contributed by atoms with Gasteiger partial charge in [0.15, 0.2) is 10.9 Å². The Balaban J connectivity index is 1.73. The number of phenols is 1. The highest BCUT2D eigenvalue weighted by Gasteiger charge is 2.12. The van der Waals surface area contributed by atoms with Gasteiger partial charge in [-0.25, -0.2) is 0 Å². The van der Waals surface area contributed by atoms with Crippen LogP contribution in [0.5, 0.6) is 5.75 Å². The number of aromatic hydroxyl groups is 1. The molecular formula is C14H19N5O4S. The Morgan fingerprint density at radius 1 is 1.50 bits per heavy atom. The van der Waals surface area contributed by atoms with Crippen molar-refractivity contribution < 1.29 is 14.8 Å². The number of hydrazone groups is 1. The maximum Gasteiger partial charge on any atom is 0.311 e. The van der Waals surface area contributed by atoms with Crippen LogP contribution in [0.2, 0.25) is 0 Å². The predicted octanol–water partition coefficient (Wildman–Crippen LogP) is 0.431. The van der Waals surface area contributed by atoms with Crippen LogP contribution in [0, 0.1) is 10.1 Å². The fourth-order valence-corrected chi connectivity index (χ4v) is 2.28. The van der Waals surface area contributed by atoms with Crippen molar-refractivity contribution in [2.45, 2.75) is 0 Å². The molecule has 0 radical (unpaired) electrons. The number of nitrogens with one attached hydrogen (secondary N) is 2. The second kappa shape index (κ2) is 9.11. The first-order chi connectivity index (χ1) is 11.6. The van der Waals surface area contributed by atoms with E-state index < -0.39 is 4.92 Å². The Hall–Kier alpha value is -2.30. The minimum atomic E-state index is -0.655. The summed E-state index contributed by atoms with van der Waals surface area (Å²) in [7, 11) is 0. The lowest BCUT2D eigenvalue weighted by Crippen LogP contribution is -2.42. The van der Waals surface area contributed by atoms with E-state index in [2.05, 4.69) is 20.7 Å². The summed E-state index contributed by atoms with van der Waals surface area (Å²) >= 11 is 5.10. The molecule has 0 amide bonds. The molecule has 10 heteroatoms. The first kappa shape index (κ1) is 18.0. The number of thiocarbonyl (C=S) groups is 1. The van der Waals surface area contributed by atoms with Gasteiger partial charge in [0.05, 0.1) is 24.4 Å². The molecule has 9 nitrogen and oxygen atoms in total. The van der Waals surface area contributed by atoms with Crippen LogP contribution in [0.4, 0.5) is 5.69 Å². The normalized spacial score (nSPS) is 15.3. The second-order valence-corrected chi connectivity index (χ2v) is 5.49. The molecular weight excluding hydrogens is 334 g/mol. The third kappa shape index (κ3) is 5.72. The van der Waals surface area contributed by atoms with Gasteiger partial charge in [0, 0.05) is 37.8 Å². The summed E-state index contributed by atoms with van der Waals surface area (Å²) < 4.78 is 5.28. The Kier molecular flexibility index (Phi) is 6.85. The molecule has 1 fully saturated rings. The topological polar surface area (TPSA) is 112 Å². The molecule has 0 spiro atoms. The van der Waals surface area contributed by atoms with Gasteiger partial charge in [-0.3, -0.25) is 20.4 Å². The maximum absolute atomic E-state index is 10.7. The Labute approximate surface area is 144 Å². The summed E-state index contributed by atoms with van der Waals surface area (Å²) in [6, 6.07) is 4.00. The molecule has 0 saturated carbocycles. The van der Waals surface area contributed by atoms with Crippen LogP contribution in [0.1, 0.15) is 5.56 Å². The van der Waals surface area contributed by atoms with Crippen molar-refractivity contribution in [3.8, 4) is 5.75 Å². The lowest BCUT2D eigenvalue weighted by molar-refractivity contribution is -0.385. The zero-order chi connectivity index (χ0) is 17.4. The number of nitro benzene ring substituents is 1. The van der Waals surface area contributed by atoms with Crippen molar-refractivity contribution in [2.24, 2.45) is 5.10 Å². The van der Waals surface area contributed by atoms with Crippen molar-refractivity contribution in [2.75, 3.05) is 39.4 Å². The molecule has 0 bridgehead atoms. The fourth-order valence-electron chi connectivity index (χ4n) is 2.12. The quantitative estimate of drug-likeness (QED) is 0.292. The van der Waals surface area contributed by atoms with E-state index in [1.807, 2.05) is 0 Å². The largest absolute Gasteiger partial charge is 0.502 e. The monoisotopic (exact) mass is 353 g/mol. The van der Waals surface area contributed by atoms with E-state index in [0.29, 0.717) is 17.2 Å². The molecule has 1 heterocycles. The van der Waals surface area contributed by atoms with Crippen LogP contribution in [-0.4, -0.2) is 65.6 Å². The van der Waals surface area contributed by atoms with Gasteiger partial charge in [-0.2, -0.15) is 5.10 Å². The summed E-state index contributed by atoms with van der Waals surface area (Å²) in [5, 5.41) is 27.4. The number of rotatable bonds is 6. The average molecular weight is 353 g/mol. The number of nitrogens with zero attached hydrogens (tertiary/aromatic N) is 3. The van der Waals surface area contributed by atoms with Crippen LogP contribution in [0.3, 0.4) is 0 Å². The molecule has 1 aliphatic rings. The van der Waals surface area contributed by atoms with Crippen LogP contribution >= 0.6 is 12.2 Å². The van der Waals surface area contributed by atoms with Crippen LogP contribution in [0.25, 0.3) is 0 Å². The Morgan fingerprint density at radius 3 is 2.96 bits per heavy atom. The highest BCUT2D eigenvalue weighted by Crippen LogP contribution is 2.25. The van der Waals surface area contributed by atoms with E-state index in [1.165, 1.54) is 24.4 Å². The lowest BCUT2D eigenvalue weighted by Gasteiger charge is -2.26. The number of benzene rings is 1. The molecule has 0 aromatic heterocycles. The molecule has 0 atom stereocenters. The maximum atomic E-state index is 10.7. The molecule has 1 saturated heterocycles. The second-order valence-electron chi connectivity index (χ2n) is 5.09. The van der Waals surface area contributed by atoms with Gasteiger partial charge in [0.25, 0.3) is 0 Å². The number of morpholine rings is 1. The number of phenolic OH excluding ortho intramolecular Hbond substituents is 1. The van der Waals surface area contributed by atoms with Crippen molar-refractivity contribution in [3.05, 3.63) is 33.9 Å². The summed E-state index contributed by atoms with van der Waals surface area (Å²) in [6.45, 7) is 4.89. The third-order valence-electron chi connectivity index (χ3n) is 3.39. The van der Waals surface area contributed by atoms with Gasteiger partial charge in [0.2, 0.25) is 0 Å². The van der Waals surface area contributed by atoms with Crippen molar-refractivity contribution >= 4 is 29.2 Å². The number of nitro groups is 1. The standard InChI is InChI=1S/C14H19N5O4S/c20-13-2-1-11(9-12(13)19(21)22)10-16-17-14(24)15-3-4-18-5-7-23-8-6-18/h1-2,9-10,20H,3-8H2,(H2,15,17,24)/b16-10+. The van der Waals surface area contributed by atoms with E-state index in [0.717, 1.165) is 32.8 Å².